The van der Waals surface area contributed by atoms with Crippen LogP contribution in [0, 0.1) is 12.8 Å². The highest BCUT2D eigenvalue weighted by Crippen LogP contribution is 2.28. The third kappa shape index (κ3) is 4.68. The van der Waals surface area contributed by atoms with Gasteiger partial charge < -0.3 is 14.5 Å². The molecule has 28 heavy (non-hydrogen) atoms. The first-order chi connectivity index (χ1) is 13.5. The van der Waals surface area contributed by atoms with Crippen LogP contribution in [0.1, 0.15) is 46.5 Å². The number of esters is 1. The Hall–Kier alpha value is -2.89. The molecule has 0 spiro atoms. The molecular formula is C22H25NO5. The average molecular weight is 383 g/mol. The summed E-state index contributed by atoms with van der Waals surface area (Å²) in [6, 6.07) is 11.8. The first kappa shape index (κ1) is 19.9. The molecule has 1 aliphatic rings. The highest BCUT2D eigenvalue weighted by atomic mass is 16.5. The van der Waals surface area contributed by atoms with Crippen LogP contribution in [-0.4, -0.2) is 25.0 Å². The zero-order chi connectivity index (χ0) is 20.1. The Labute approximate surface area is 163 Å². The van der Waals surface area contributed by atoms with Gasteiger partial charge in [-0.2, -0.15) is 0 Å². The van der Waals surface area contributed by atoms with Crippen molar-refractivity contribution >= 4 is 11.9 Å². The van der Waals surface area contributed by atoms with E-state index in [1.807, 2.05) is 18.2 Å². The third-order valence-electron chi connectivity index (χ3n) is 5.17. The Balaban J connectivity index is 1.56. The first-order valence-electron chi connectivity index (χ1n) is 9.54. The monoisotopic (exact) mass is 383 g/mol. The normalized spacial score (nSPS) is 18.2. The van der Waals surface area contributed by atoms with Crippen LogP contribution in [0.3, 0.4) is 0 Å². The van der Waals surface area contributed by atoms with Gasteiger partial charge in [-0.25, -0.2) is 4.79 Å². The fourth-order valence-corrected chi connectivity index (χ4v) is 3.53. The smallest absolute Gasteiger partial charge is 0.349 e. The number of carbonyl (C=O) groups excluding carboxylic acids is 2. The van der Waals surface area contributed by atoms with Crippen molar-refractivity contribution in [2.24, 2.45) is 5.92 Å². The van der Waals surface area contributed by atoms with Crippen LogP contribution in [0.2, 0.25) is 0 Å². The van der Waals surface area contributed by atoms with E-state index in [-0.39, 0.29) is 23.5 Å². The minimum atomic E-state index is -0.615. The van der Waals surface area contributed by atoms with Crippen LogP contribution < -0.4 is 10.9 Å². The summed E-state index contributed by atoms with van der Waals surface area (Å²) >= 11 is 0. The number of hydrogen-bond donors (Lipinski definition) is 1. The van der Waals surface area contributed by atoms with Crippen LogP contribution in [-0.2, 0) is 22.4 Å². The van der Waals surface area contributed by atoms with Gasteiger partial charge in [0.15, 0.2) is 0 Å². The number of carbonyl (C=O) groups is 2. The molecule has 1 aromatic carbocycles. The van der Waals surface area contributed by atoms with Gasteiger partial charge in [0.05, 0.1) is 13.0 Å². The molecule has 1 saturated carbocycles. The minimum absolute atomic E-state index is 0.0355. The zero-order valence-electron chi connectivity index (χ0n) is 16.2. The van der Waals surface area contributed by atoms with E-state index < -0.39 is 11.5 Å². The molecule has 1 heterocycles. The molecule has 1 fully saturated rings. The van der Waals surface area contributed by atoms with Crippen molar-refractivity contribution in [2.45, 2.75) is 45.1 Å². The zero-order valence-corrected chi connectivity index (χ0v) is 16.2. The first-order valence-corrected chi connectivity index (χ1v) is 9.54. The van der Waals surface area contributed by atoms with E-state index in [0.717, 1.165) is 12.8 Å². The van der Waals surface area contributed by atoms with Gasteiger partial charge in [-0.3, -0.25) is 9.59 Å². The van der Waals surface area contributed by atoms with Crippen molar-refractivity contribution in [3.63, 3.8) is 0 Å². The lowest BCUT2D eigenvalue weighted by Gasteiger charge is -2.33. The summed E-state index contributed by atoms with van der Waals surface area (Å²) in [5.74, 6) is -0.305. The number of methoxy groups -OCH3 is 1. The lowest BCUT2D eigenvalue weighted by molar-refractivity contribution is -0.149. The van der Waals surface area contributed by atoms with Crippen molar-refractivity contribution in [2.75, 3.05) is 7.11 Å². The van der Waals surface area contributed by atoms with E-state index in [1.165, 1.54) is 12.7 Å². The van der Waals surface area contributed by atoms with Crippen LogP contribution in [0.4, 0.5) is 0 Å². The van der Waals surface area contributed by atoms with Gasteiger partial charge in [-0.1, -0.05) is 30.3 Å². The number of benzene rings is 1. The summed E-state index contributed by atoms with van der Waals surface area (Å²) < 4.78 is 10.1. The topological polar surface area (TPSA) is 85.6 Å². The predicted octanol–water partition coefficient (Wildman–Crippen LogP) is 2.80. The van der Waals surface area contributed by atoms with Crippen molar-refractivity contribution in [1.82, 2.24) is 5.32 Å². The van der Waals surface area contributed by atoms with Gasteiger partial charge in [0.25, 0.3) is 5.91 Å². The molecule has 2 aromatic rings. The van der Waals surface area contributed by atoms with E-state index >= 15 is 0 Å². The van der Waals surface area contributed by atoms with E-state index in [4.69, 9.17) is 4.42 Å². The number of rotatable bonds is 7. The molecule has 1 aliphatic carbocycles. The van der Waals surface area contributed by atoms with Gasteiger partial charge in [0.1, 0.15) is 11.3 Å². The highest BCUT2D eigenvalue weighted by molar-refractivity contribution is 5.95. The molecule has 1 aromatic heterocycles. The van der Waals surface area contributed by atoms with E-state index in [2.05, 4.69) is 22.2 Å². The van der Waals surface area contributed by atoms with Crippen LogP contribution in [0.5, 0.6) is 0 Å². The molecule has 148 valence electrons. The van der Waals surface area contributed by atoms with Crippen LogP contribution in [0.15, 0.2) is 45.6 Å². The Kier molecular flexibility index (Phi) is 6.29. The van der Waals surface area contributed by atoms with Crippen molar-refractivity contribution in [3.05, 3.63) is 69.3 Å². The molecule has 6 heteroatoms. The standard InChI is InChI=1S/C22H25NO5/c1-14-11-18(10-6-9-15-7-4-3-5-8-15)28-22(26)19(14)20(24)23-17-12-16(13-17)21(25)27-2/h3-5,7-8,11,16-17H,6,9-10,12-13H2,1-2H3,(H,23,24). The maximum absolute atomic E-state index is 12.5. The lowest BCUT2D eigenvalue weighted by atomic mass is 9.80. The van der Waals surface area contributed by atoms with Gasteiger partial charge in [-0.15, -0.1) is 0 Å². The molecule has 0 aliphatic heterocycles. The molecule has 0 bridgehead atoms. The second-order valence-corrected chi connectivity index (χ2v) is 7.26. The van der Waals surface area contributed by atoms with Gasteiger partial charge in [-0.05, 0) is 49.8 Å². The Morgan fingerprint density at radius 2 is 1.89 bits per heavy atom. The van der Waals surface area contributed by atoms with Gasteiger partial charge in [0.2, 0.25) is 0 Å². The number of hydrogen-bond acceptors (Lipinski definition) is 5. The fraction of sp³-hybridized carbons (Fsp3) is 0.409. The number of nitrogens with one attached hydrogen (secondary N) is 1. The largest absolute Gasteiger partial charge is 0.469 e. The quantitative estimate of drug-likeness (QED) is 0.743. The van der Waals surface area contributed by atoms with Crippen molar-refractivity contribution in [1.29, 1.82) is 0 Å². The van der Waals surface area contributed by atoms with E-state index in [1.54, 1.807) is 13.0 Å². The second-order valence-electron chi connectivity index (χ2n) is 7.26. The third-order valence-corrected chi connectivity index (χ3v) is 5.17. The summed E-state index contributed by atoms with van der Waals surface area (Å²) in [6.45, 7) is 1.74. The van der Waals surface area contributed by atoms with Gasteiger partial charge >= 0.3 is 11.6 Å². The Bertz CT molecular complexity index is 897. The number of aryl methyl sites for hydroxylation is 3. The molecule has 0 saturated heterocycles. The molecule has 3 rings (SSSR count). The molecule has 1 amide bonds. The van der Waals surface area contributed by atoms with E-state index in [9.17, 15) is 14.4 Å². The SMILES string of the molecule is COC(=O)C1CC(NC(=O)c2c(C)cc(CCCc3ccccc3)oc2=O)C1. The summed E-state index contributed by atoms with van der Waals surface area (Å²) in [5.41, 5.74) is 1.26. The predicted molar refractivity (Wildman–Crippen MR) is 104 cm³/mol. The Morgan fingerprint density at radius 3 is 2.54 bits per heavy atom. The van der Waals surface area contributed by atoms with Crippen molar-refractivity contribution < 1.29 is 18.7 Å². The maximum atomic E-state index is 12.5. The second kappa shape index (κ2) is 8.87. The molecular weight excluding hydrogens is 358 g/mol. The molecule has 6 nitrogen and oxygen atoms in total. The maximum Gasteiger partial charge on any atom is 0.349 e. The summed E-state index contributed by atoms with van der Waals surface area (Å²) in [4.78, 5) is 36.2. The van der Waals surface area contributed by atoms with Gasteiger partial charge in [0, 0.05) is 12.5 Å². The summed E-state index contributed by atoms with van der Waals surface area (Å²) in [6.07, 6.45) is 3.45. The van der Waals surface area contributed by atoms with Crippen LogP contribution >= 0.6 is 0 Å². The number of amides is 1. The lowest BCUT2D eigenvalue weighted by Crippen LogP contribution is -2.48. The van der Waals surface area contributed by atoms with E-state index in [0.29, 0.717) is 30.6 Å². The summed E-state index contributed by atoms with van der Waals surface area (Å²) in [5, 5.41) is 2.80. The molecule has 0 unspecified atom stereocenters. The Morgan fingerprint density at radius 1 is 1.18 bits per heavy atom. The number of ether oxygens (including phenoxy) is 1. The van der Waals surface area contributed by atoms with Crippen molar-refractivity contribution in [3.8, 4) is 0 Å². The fourth-order valence-electron chi connectivity index (χ4n) is 3.53. The minimum Gasteiger partial charge on any atom is -0.469 e. The average Bonchev–Trinajstić information content (AvgIpc) is 2.64. The molecule has 1 N–H and O–H groups in total. The molecule has 0 atom stereocenters. The highest BCUT2D eigenvalue weighted by Gasteiger charge is 2.36. The summed E-state index contributed by atoms with van der Waals surface area (Å²) in [7, 11) is 1.35. The molecule has 0 radical (unpaired) electrons. The van der Waals surface area contributed by atoms with Crippen LogP contribution in [0.25, 0.3) is 0 Å².